The highest BCUT2D eigenvalue weighted by atomic mass is 32.2. The van der Waals surface area contributed by atoms with Crippen LogP contribution in [0.25, 0.3) is 0 Å². The molecule has 1 aromatic heterocycles. The molecule has 8 heteroatoms. The monoisotopic (exact) mass is 325 g/mol. The summed E-state index contributed by atoms with van der Waals surface area (Å²) in [6.45, 7) is 3.19. The Hall–Kier alpha value is -1.44. The Balaban J connectivity index is 1.72. The topological polar surface area (TPSA) is 88.1 Å². The highest BCUT2D eigenvalue weighted by molar-refractivity contribution is 7.91. The lowest BCUT2D eigenvalue weighted by molar-refractivity contribution is 0.446. The SMILES string of the molecule is CCC1CCCCN1c1cnnc(NC2CCS(=O)(=O)C2)n1. The summed E-state index contributed by atoms with van der Waals surface area (Å²) in [4.78, 5) is 6.85. The molecule has 1 aromatic rings. The maximum Gasteiger partial charge on any atom is 0.244 e. The van der Waals surface area contributed by atoms with E-state index in [1.807, 2.05) is 0 Å². The van der Waals surface area contributed by atoms with Gasteiger partial charge in [0.1, 0.15) is 0 Å². The normalized spacial score (nSPS) is 27.8. The molecular weight excluding hydrogens is 302 g/mol. The van der Waals surface area contributed by atoms with Crippen molar-refractivity contribution >= 4 is 21.6 Å². The van der Waals surface area contributed by atoms with Crippen molar-refractivity contribution < 1.29 is 8.42 Å². The molecule has 122 valence electrons. The van der Waals surface area contributed by atoms with Gasteiger partial charge in [-0.3, -0.25) is 0 Å². The number of anilines is 2. The summed E-state index contributed by atoms with van der Waals surface area (Å²) < 4.78 is 23.0. The van der Waals surface area contributed by atoms with Gasteiger partial charge in [-0.05, 0) is 32.1 Å². The van der Waals surface area contributed by atoms with Crippen LogP contribution in [-0.2, 0) is 9.84 Å². The molecule has 0 radical (unpaired) electrons. The number of sulfone groups is 1. The van der Waals surface area contributed by atoms with Gasteiger partial charge >= 0.3 is 0 Å². The van der Waals surface area contributed by atoms with E-state index in [4.69, 9.17) is 0 Å². The standard InChI is InChI=1S/C14H23N5O2S/c1-2-12-5-3-4-7-19(12)13-9-15-18-14(17-13)16-11-6-8-22(20,21)10-11/h9,11-12H,2-8,10H2,1H3,(H,16,17,18). The van der Waals surface area contributed by atoms with Crippen LogP contribution in [-0.4, -0.2) is 53.7 Å². The highest BCUT2D eigenvalue weighted by Gasteiger charge is 2.29. The van der Waals surface area contributed by atoms with E-state index in [-0.39, 0.29) is 17.5 Å². The molecule has 0 saturated carbocycles. The van der Waals surface area contributed by atoms with Crippen LogP contribution in [0, 0.1) is 0 Å². The Morgan fingerprint density at radius 2 is 2.23 bits per heavy atom. The summed E-state index contributed by atoms with van der Waals surface area (Å²) >= 11 is 0. The predicted octanol–water partition coefficient (Wildman–Crippen LogP) is 1.24. The summed E-state index contributed by atoms with van der Waals surface area (Å²) in [5, 5.41) is 11.2. The van der Waals surface area contributed by atoms with Gasteiger partial charge in [0.2, 0.25) is 5.95 Å². The van der Waals surface area contributed by atoms with Crippen LogP contribution in [0.2, 0.25) is 0 Å². The number of hydrogen-bond donors (Lipinski definition) is 1. The average molecular weight is 325 g/mol. The average Bonchev–Trinajstić information content (AvgIpc) is 2.86. The first-order valence-corrected chi connectivity index (χ1v) is 9.83. The molecule has 22 heavy (non-hydrogen) atoms. The summed E-state index contributed by atoms with van der Waals surface area (Å²) in [6, 6.07) is 0.399. The zero-order chi connectivity index (χ0) is 15.6. The van der Waals surface area contributed by atoms with Gasteiger partial charge in [-0.25, -0.2) is 8.42 Å². The van der Waals surface area contributed by atoms with E-state index >= 15 is 0 Å². The lowest BCUT2D eigenvalue weighted by atomic mass is 10.0. The first kappa shape index (κ1) is 15.5. The van der Waals surface area contributed by atoms with Crippen molar-refractivity contribution in [1.82, 2.24) is 15.2 Å². The minimum Gasteiger partial charge on any atom is -0.352 e. The minimum absolute atomic E-state index is 0.106. The maximum absolute atomic E-state index is 11.5. The van der Waals surface area contributed by atoms with E-state index in [9.17, 15) is 8.42 Å². The van der Waals surface area contributed by atoms with Crippen molar-refractivity contribution in [2.24, 2.45) is 0 Å². The van der Waals surface area contributed by atoms with Gasteiger partial charge in [-0.15, -0.1) is 5.10 Å². The van der Waals surface area contributed by atoms with Crippen LogP contribution in [0.1, 0.15) is 39.0 Å². The number of aromatic nitrogens is 3. The highest BCUT2D eigenvalue weighted by Crippen LogP contribution is 2.25. The van der Waals surface area contributed by atoms with Crippen LogP contribution >= 0.6 is 0 Å². The fraction of sp³-hybridized carbons (Fsp3) is 0.786. The Labute approximate surface area is 131 Å². The molecule has 0 aliphatic carbocycles. The maximum atomic E-state index is 11.5. The molecule has 0 spiro atoms. The number of piperidine rings is 1. The molecule has 2 aliphatic rings. The second-order valence-electron chi connectivity index (χ2n) is 6.13. The first-order valence-electron chi connectivity index (χ1n) is 8.01. The molecule has 7 nitrogen and oxygen atoms in total. The van der Waals surface area contributed by atoms with Crippen molar-refractivity contribution in [3.8, 4) is 0 Å². The summed E-state index contributed by atoms with van der Waals surface area (Å²) in [6.07, 6.45) is 7.02. The molecule has 2 saturated heterocycles. The fourth-order valence-electron chi connectivity index (χ4n) is 3.31. The van der Waals surface area contributed by atoms with Crippen LogP contribution < -0.4 is 10.2 Å². The Morgan fingerprint density at radius 3 is 2.95 bits per heavy atom. The van der Waals surface area contributed by atoms with Gasteiger partial charge in [0.25, 0.3) is 0 Å². The van der Waals surface area contributed by atoms with E-state index in [1.165, 1.54) is 19.3 Å². The van der Waals surface area contributed by atoms with Crippen LogP contribution in [0.4, 0.5) is 11.8 Å². The quantitative estimate of drug-likeness (QED) is 0.891. The van der Waals surface area contributed by atoms with E-state index in [0.717, 1.165) is 18.8 Å². The van der Waals surface area contributed by atoms with Crippen LogP contribution in [0.15, 0.2) is 6.20 Å². The predicted molar refractivity (Wildman–Crippen MR) is 85.8 cm³/mol. The van der Waals surface area contributed by atoms with Gasteiger partial charge < -0.3 is 10.2 Å². The lowest BCUT2D eigenvalue weighted by Gasteiger charge is -2.35. The summed E-state index contributed by atoms with van der Waals surface area (Å²) in [5.74, 6) is 1.66. The lowest BCUT2D eigenvalue weighted by Crippen LogP contribution is -2.40. The van der Waals surface area contributed by atoms with E-state index in [0.29, 0.717) is 18.4 Å². The molecule has 3 heterocycles. The van der Waals surface area contributed by atoms with E-state index < -0.39 is 9.84 Å². The molecule has 0 bridgehead atoms. The van der Waals surface area contributed by atoms with Crippen molar-refractivity contribution in [2.75, 3.05) is 28.3 Å². The van der Waals surface area contributed by atoms with Crippen molar-refractivity contribution in [1.29, 1.82) is 0 Å². The fourth-order valence-corrected chi connectivity index (χ4v) is 4.99. The van der Waals surface area contributed by atoms with Crippen LogP contribution in [0.3, 0.4) is 0 Å². The summed E-state index contributed by atoms with van der Waals surface area (Å²) in [5.41, 5.74) is 0. The molecule has 2 unspecified atom stereocenters. The van der Waals surface area contributed by atoms with E-state index in [1.54, 1.807) is 6.20 Å². The van der Waals surface area contributed by atoms with Crippen molar-refractivity contribution in [3.05, 3.63) is 6.20 Å². The second kappa shape index (κ2) is 6.36. The number of hydrogen-bond acceptors (Lipinski definition) is 7. The molecule has 2 fully saturated rings. The molecule has 2 atom stereocenters. The first-order chi connectivity index (χ1) is 10.6. The van der Waals surface area contributed by atoms with Gasteiger partial charge in [-0.1, -0.05) is 6.92 Å². The molecule has 1 N–H and O–H groups in total. The smallest absolute Gasteiger partial charge is 0.244 e. The molecular formula is C14H23N5O2S. The second-order valence-corrected chi connectivity index (χ2v) is 8.36. The zero-order valence-corrected chi connectivity index (χ0v) is 13.7. The van der Waals surface area contributed by atoms with Gasteiger partial charge in [0.15, 0.2) is 15.7 Å². The Morgan fingerprint density at radius 1 is 1.36 bits per heavy atom. The number of nitrogens with one attached hydrogen (secondary N) is 1. The van der Waals surface area contributed by atoms with Gasteiger partial charge in [-0.2, -0.15) is 10.1 Å². The Bertz CT molecular complexity index is 621. The Kier molecular flexibility index (Phi) is 4.46. The number of nitrogens with zero attached hydrogens (tertiary/aromatic N) is 4. The molecule has 0 amide bonds. The third-order valence-electron chi connectivity index (χ3n) is 4.50. The van der Waals surface area contributed by atoms with Gasteiger partial charge in [0, 0.05) is 18.6 Å². The molecule has 0 aromatic carbocycles. The van der Waals surface area contributed by atoms with Crippen molar-refractivity contribution in [2.45, 2.75) is 51.1 Å². The zero-order valence-electron chi connectivity index (χ0n) is 12.9. The molecule has 3 rings (SSSR count). The summed E-state index contributed by atoms with van der Waals surface area (Å²) in [7, 11) is -2.91. The third kappa shape index (κ3) is 3.48. The van der Waals surface area contributed by atoms with Gasteiger partial charge in [0.05, 0.1) is 17.7 Å². The molecule has 2 aliphatic heterocycles. The third-order valence-corrected chi connectivity index (χ3v) is 6.27. The van der Waals surface area contributed by atoms with E-state index in [2.05, 4.69) is 32.3 Å². The van der Waals surface area contributed by atoms with Crippen molar-refractivity contribution in [3.63, 3.8) is 0 Å². The number of rotatable bonds is 4. The minimum atomic E-state index is -2.91. The van der Waals surface area contributed by atoms with Crippen LogP contribution in [0.5, 0.6) is 0 Å². The largest absolute Gasteiger partial charge is 0.352 e.